The van der Waals surface area contributed by atoms with Crippen LogP contribution in [-0.2, 0) is 14.3 Å². The van der Waals surface area contributed by atoms with Gasteiger partial charge in [-0.1, -0.05) is 6.07 Å². The zero-order valence-electron chi connectivity index (χ0n) is 19.6. The van der Waals surface area contributed by atoms with E-state index in [4.69, 9.17) is 14.9 Å². The number of cyclic esters (lactones) is 1. The summed E-state index contributed by atoms with van der Waals surface area (Å²) < 4.78 is 10.3. The van der Waals surface area contributed by atoms with Crippen LogP contribution in [0.5, 0.6) is 0 Å². The minimum Gasteiger partial charge on any atom is -0.469 e. The number of rotatable bonds is 8. The molecule has 2 amide bonds. The molecule has 10 nitrogen and oxygen atoms in total. The van der Waals surface area contributed by atoms with Crippen LogP contribution < -0.4 is 10.2 Å². The fraction of sp³-hybridized carbons (Fsp3) is 0.417. The topological polar surface area (TPSA) is 115 Å². The van der Waals surface area contributed by atoms with Gasteiger partial charge in [-0.05, 0) is 35.7 Å². The number of hydrogen-bond acceptors (Lipinski definition) is 9. The molecule has 2 aliphatic rings. The van der Waals surface area contributed by atoms with Crippen molar-refractivity contribution in [2.45, 2.75) is 12.5 Å². The summed E-state index contributed by atoms with van der Waals surface area (Å²) >= 11 is 1.31. The van der Waals surface area contributed by atoms with Gasteiger partial charge in [0.15, 0.2) is 0 Å². The molecule has 11 heteroatoms. The lowest BCUT2D eigenvalue weighted by molar-refractivity contribution is -0.141. The lowest BCUT2D eigenvalue weighted by atomic mass is 10.1. The number of carbonyl (C=O) groups excluding carboxylic acids is 3. The van der Waals surface area contributed by atoms with Gasteiger partial charge in [-0.25, -0.2) is 4.79 Å². The number of carbonyl (C=O) groups is 3. The van der Waals surface area contributed by atoms with E-state index in [2.05, 4.69) is 15.1 Å². The molecule has 35 heavy (non-hydrogen) atoms. The van der Waals surface area contributed by atoms with Crippen molar-refractivity contribution in [1.29, 1.82) is 5.41 Å². The number of piperazine rings is 1. The molecule has 1 atom stereocenters. The molecule has 1 unspecified atom stereocenters. The minimum absolute atomic E-state index is 0.00236. The molecule has 0 saturated carbocycles. The van der Waals surface area contributed by atoms with Gasteiger partial charge in [0.1, 0.15) is 11.9 Å². The molecule has 1 aromatic carbocycles. The number of esters is 1. The second kappa shape index (κ2) is 11.4. The number of anilines is 1. The monoisotopic (exact) mass is 499 g/mol. The Morgan fingerprint density at radius 3 is 2.51 bits per heavy atom. The molecule has 2 fully saturated rings. The van der Waals surface area contributed by atoms with Crippen LogP contribution in [0.1, 0.15) is 21.7 Å². The average Bonchev–Trinajstić information content (AvgIpc) is 3.53. The average molecular weight is 500 g/mol. The highest BCUT2D eigenvalue weighted by Gasteiger charge is 2.34. The molecule has 4 rings (SSSR count). The Bertz CT molecular complexity index is 1050. The first kappa shape index (κ1) is 24.8. The maximum atomic E-state index is 12.5. The Balaban J connectivity index is 1.25. The van der Waals surface area contributed by atoms with Gasteiger partial charge >= 0.3 is 12.1 Å². The van der Waals surface area contributed by atoms with Crippen molar-refractivity contribution in [3.05, 3.63) is 52.2 Å². The quantitative estimate of drug-likeness (QED) is 0.324. The van der Waals surface area contributed by atoms with E-state index >= 15 is 0 Å². The van der Waals surface area contributed by atoms with Crippen molar-refractivity contribution in [3.8, 4) is 0 Å². The number of benzene rings is 1. The molecular weight excluding hydrogens is 470 g/mol. The van der Waals surface area contributed by atoms with Crippen molar-refractivity contribution in [2.75, 3.05) is 57.8 Å². The van der Waals surface area contributed by atoms with Crippen molar-refractivity contribution in [1.82, 2.24) is 15.1 Å². The molecule has 2 aliphatic heterocycles. The SMILES string of the molecule is COC(=O)CCN1CCN(CC2CN(c3ccc(C(=N)NC(=O)c4cccs4)cc3)C(=O)O2)CC1. The van der Waals surface area contributed by atoms with Gasteiger partial charge in [-0.15, -0.1) is 11.3 Å². The van der Waals surface area contributed by atoms with Crippen LogP contribution in [0.2, 0.25) is 0 Å². The van der Waals surface area contributed by atoms with Crippen molar-refractivity contribution in [2.24, 2.45) is 0 Å². The van der Waals surface area contributed by atoms with Gasteiger partial charge in [-0.2, -0.15) is 0 Å². The van der Waals surface area contributed by atoms with Gasteiger partial charge < -0.3 is 19.7 Å². The zero-order valence-corrected chi connectivity index (χ0v) is 20.4. The summed E-state index contributed by atoms with van der Waals surface area (Å²) in [6.45, 7) is 5.22. The molecule has 0 radical (unpaired) electrons. The Kier molecular flexibility index (Phi) is 8.11. The summed E-state index contributed by atoms with van der Waals surface area (Å²) in [4.78, 5) is 42.6. The fourth-order valence-electron chi connectivity index (χ4n) is 4.13. The molecule has 0 aliphatic carbocycles. The highest BCUT2D eigenvalue weighted by molar-refractivity contribution is 7.12. The molecule has 0 spiro atoms. The van der Waals surface area contributed by atoms with Gasteiger partial charge in [-0.3, -0.25) is 24.8 Å². The van der Waals surface area contributed by atoms with E-state index < -0.39 is 0 Å². The van der Waals surface area contributed by atoms with Crippen LogP contribution in [0.15, 0.2) is 41.8 Å². The second-order valence-electron chi connectivity index (χ2n) is 8.44. The predicted octanol–water partition coefficient (Wildman–Crippen LogP) is 2.01. The molecule has 2 aromatic rings. The third-order valence-corrected chi connectivity index (χ3v) is 6.98. The summed E-state index contributed by atoms with van der Waals surface area (Å²) in [5.74, 6) is -0.509. The van der Waals surface area contributed by atoms with Crippen LogP contribution in [0.25, 0.3) is 0 Å². The number of thiophene rings is 1. The number of hydrogen-bond donors (Lipinski definition) is 2. The Morgan fingerprint density at radius 2 is 1.86 bits per heavy atom. The van der Waals surface area contributed by atoms with E-state index in [9.17, 15) is 14.4 Å². The van der Waals surface area contributed by atoms with Gasteiger partial charge in [0.05, 0.1) is 25.0 Å². The van der Waals surface area contributed by atoms with Gasteiger partial charge in [0.2, 0.25) is 0 Å². The number of amides is 2. The van der Waals surface area contributed by atoms with Crippen LogP contribution >= 0.6 is 11.3 Å². The van der Waals surface area contributed by atoms with Crippen molar-refractivity contribution < 1.29 is 23.9 Å². The maximum Gasteiger partial charge on any atom is 0.414 e. The first-order valence-corrected chi connectivity index (χ1v) is 12.3. The third kappa shape index (κ3) is 6.44. The summed E-state index contributed by atoms with van der Waals surface area (Å²) in [6, 6.07) is 10.4. The Labute approximate surface area is 207 Å². The standard InChI is InChI=1S/C24H29N5O5S/c1-33-21(30)8-9-27-10-12-28(13-11-27)15-19-16-29(24(32)34-19)18-6-4-17(5-7-18)22(25)26-23(31)20-3-2-14-35-20/h2-7,14,19H,8-13,15-16H2,1H3,(H2,25,26,31). The van der Waals surface area contributed by atoms with E-state index in [0.717, 1.165) is 26.2 Å². The Hall–Kier alpha value is -3.28. The van der Waals surface area contributed by atoms with Crippen molar-refractivity contribution >= 4 is 40.8 Å². The summed E-state index contributed by atoms with van der Waals surface area (Å²) in [7, 11) is 1.40. The molecule has 2 N–H and O–H groups in total. The summed E-state index contributed by atoms with van der Waals surface area (Å²) in [5, 5.41) is 12.6. The zero-order chi connectivity index (χ0) is 24.8. The maximum absolute atomic E-state index is 12.5. The fourth-order valence-corrected chi connectivity index (χ4v) is 4.74. The smallest absolute Gasteiger partial charge is 0.414 e. The van der Waals surface area contributed by atoms with Crippen LogP contribution in [0.4, 0.5) is 10.5 Å². The summed E-state index contributed by atoms with van der Waals surface area (Å²) in [6.07, 6.45) is -0.224. The summed E-state index contributed by atoms with van der Waals surface area (Å²) in [5.41, 5.74) is 1.24. The van der Waals surface area contributed by atoms with Crippen LogP contribution in [0.3, 0.4) is 0 Å². The molecule has 0 bridgehead atoms. The predicted molar refractivity (Wildman–Crippen MR) is 132 cm³/mol. The van der Waals surface area contributed by atoms with E-state index in [-0.39, 0.29) is 29.9 Å². The number of nitrogens with zero attached hydrogens (tertiary/aromatic N) is 3. The lowest BCUT2D eigenvalue weighted by Crippen LogP contribution is -2.49. The normalized spacial score (nSPS) is 18.8. The lowest BCUT2D eigenvalue weighted by Gasteiger charge is -2.35. The molecule has 3 heterocycles. The van der Waals surface area contributed by atoms with Crippen LogP contribution in [-0.4, -0.2) is 92.6 Å². The first-order valence-electron chi connectivity index (χ1n) is 11.5. The highest BCUT2D eigenvalue weighted by Crippen LogP contribution is 2.23. The van der Waals surface area contributed by atoms with Crippen molar-refractivity contribution in [3.63, 3.8) is 0 Å². The largest absolute Gasteiger partial charge is 0.469 e. The number of amidine groups is 1. The minimum atomic E-state index is -0.388. The second-order valence-corrected chi connectivity index (χ2v) is 9.39. The molecular formula is C24H29N5O5S. The highest BCUT2D eigenvalue weighted by atomic mass is 32.1. The third-order valence-electron chi connectivity index (χ3n) is 6.11. The number of methoxy groups -OCH3 is 1. The number of nitrogens with one attached hydrogen (secondary N) is 2. The first-order chi connectivity index (χ1) is 16.9. The van der Waals surface area contributed by atoms with E-state index in [1.54, 1.807) is 41.3 Å². The van der Waals surface area contributed by atoms with Crippen LogP contribution in [0, 0.1) is 5.41 Å². The number of ether oxygens (including phenoxy) is 2. The molecule has 186 valence electrons. The van der Waals surface area contributed by atoms with E-state index in [0.29, 0.717) is 42.2 Å². The van der Waals surface area contributed by atoms with Gasteiger partial charge in [0, 0.05) is 50.5 Å². The Morgan fingerprint density at radius 1 is 1.14 bits per heavy atom. The van der Waals surface area contributed by atoms with E-state index in [1.165, 1.54) is 18.4 Å². The van der Waals surface area contributed by atoms with Gasteiger partial charge in [0.25, 0.3) is 5.91 Å². The molecule has 2 saturated heterocycles. The van der Waals surface area contributed by atoms with E-state index in [1.807, 2.05) is 5.38 Å². The molecule has 1 aromatic heterocycles.